The number of hydrogen-bond donors (Lipinski definition) is 0. The lowest BCUT2D eigenvalue weighted by Crippen LogP contribution is -2.22. The van der Waals surface area contributed by atoms with Gasteiger partial charge < -0.3 is 9.47 Å². The topological polar surface area (TPSA) is 18.5 Å². The summed E-state index contributed by atoms with van der Waals surface area (Å²) < 4.78 is 10.5. The molecule has 2 heteroatoms. The molecular weight excluding hydrogens is 188 g/mol. The second-order valence-electron chi connectivity index (χ2n) is 4.37. The largest absolute Gasteiger partial charge is 0.356 e. The molecular formula is C13H28O2. The van der Waals surface area contributed by atoms with E-state index >= 15 is 0 Å². The molecule has 0 aromatic carbocycles. The molecule has 0 N–H and O–H groups in total. The lowest BCUT2D eigenvalue weighted by Gasteiger charge is -2.20. The molecule has 0 aliphatic rings. The van der Waals surface area contributed by atoms with Crippen molar-refractivity contribution in [2.45, 2.75) is 65.1 Å². The Labute approximate surface area is 95.3 Å². The third kappa shape index (κ3) is 7.80. The predicted octanol–water partition coefficient (Wildman–Crippen LogP) is 3.99. The molecule has 2 nitrogen and oxygen atoms in total. The number of methoxy groups -OCH3 is 2. The van der Waals surface area contributed by atoms with Crippen molar-refractivity contribution in [1.29, 1.82) is 0 Å². The van der Waals surface area contributed by atoms with Crippen LogP contribution in [0, 0.1) is 5.92 Å². The molecule has 0 aliphatic carbocycles. The molecule has 0 aliphatic heterocycles. The molecule has 0 bridgehead atoms. The van der Waals surface area contributed by atoms with E-state index in [0.29, 0.717) is 5.92 Å². The quantitative estimate of drug-likeness (QED) is 0.406. The summed E-state index contributed by atoms with van der Waals surface area (Å²) in [6.45, 7) is 4.45. The van der Waals surface area contributed by atoms with Gasteiger partial charge in [0, 0.05) is 20.1 Å². The molecule has 0 fully saturated rings. The van der Waals surface area contributed by atoms with Gasteiger partial charge in [0.25, 0.3) is 0 Å². The minimum Gasteiger partial charge on any atom is -0.356 e. The van der Waals surface area contributed by atoms with Gasteiger partial charge in [-0.2, -0.15) is 0 Å². The Kier molecular flexibility index (Phi) is 10.4. The minimum absolute atomic E-state index is 0.0272. The van der Waals surface area contributed by atoms with Gasteiger partial charge in [0.1, 0.15) is 0 Å². The molecule has 0 aromatic rings. The van der Waals surface area contributed by atoms with Crippen LogP contribution in [0.5, 0.6) is 0 Å². The molecule has 0 aromatic heterocycles. The highest BCUT2D eigenvalue weighted by Gasteiger charge is 2.14. The second kappa shape index (κ2) is 10.4. The van der Waals surface area contributed by atoms with Gasteiger partial charge in [0.2, 0.25) is 0 Å². The van der Waals surface area contributed by atoms with Gasteiger partial charge >= 0.3 is 0 Å². The molecule has 0 amide bonds. The van der Waals surface area contributed by atoms with E-state index in [1.165, 1.54) is 44.9 Å². The summed E-state index contributed by atoms with van der Waals surface area (Å²) in [5, 5.41) is 0. The van der Waals surface area contributed by atoms with Crippen LogP contribution in [0.3, 0.4) is 0 Å². The molecule has 0 spiro atoms. The van der Waals surface area contributed by atoms with Crippen molar-refractivity contribution in [1.82, 2.24) is 0 Å². The van der Waals surface area contributed by atoms with E-state index in [-0.39, 0.29) is 6.29 Å². The predicted molar refractivity (Wildman–Crippen MR) is 65.0 cm³/mol. The summed E-state index contributed by atoms with van der Waals surface area (Å²) in [6, 6.07) is 0. The van der Waals surface area contributed by atoms with Crippen molar-refractivity contribution in [3.63, 3.8) is 0 Å². The Bertz CT molecular complexity index is 122. The number of rotatable bonds is 10. The number of ether oxygens (including phenoxy) is 2. The van der Waals surface area contributed by atoms with Crippen molar-refractivity contribution in [3.05, 3.63) is 0 Å². The molecule has 15 heavy (non-hydrogen) atoms. The van der Waals surface area contributed by atoms with E-state index in [4.69, 9.17) is 9.47 Å². The summed E-state index contributed by atoms with van der Waals surface area (Å²) in [7, 11) is 3.43. The molecule has 0 heterocycles. The van der Waals surface area contributed by atoms with Gasteiger partial charge in [-0.15, -0.1) is 0 Å². The third-order valence-corrected chi connectivity index (χ3v) is 2.94. The van der Waals surface area contributed by atoms with Crippen LogP contribution < -0.4 is 0 Å². The van der Waals surface area contributed by atoms with Gasteiger partial charge in [0.05, 0.1) is 0 Å². The zero-order chi connectivity index (χ0) is 11.5. The number of unbranched alkanes of at least 4 members (excludes halogenated alkanes) is 5. The van der Waals surface area contributed by atoms with E-state index in [0.717, 1.165) is 0 Å². The van der Waals surface area contributed by atoms with E-state index in [9.17, 15) is 0 Å². The van der Waals surface area contributed by atoms with Crippen molar-refractivity contribution in [2.24, 2.45) is 5.92 Å². The summed E-state index contributed by atoms with van der Waals surface area (Å²) in [4.78, 5) is 0. The summed E-state index contributed by atoms with van der Waals surface area (Å²) >= 11 is 0. The Morgan fingerprint density at radius 1 is 0.867 bits per heavy atom. The zero-order valence-electron chi connectivity index (χ0n) is 10.9. The molecule has 0 radical (unpaired) electrons. The zero-order valence-corrected chi connectivity index (χ0v) is 10.9. The normalized spacial score (nSPS) is 13.4. The van der Waals surface area contributed by atoms with E-state index in [1.807, 2.05) is 0 Å². The first kappa shape index (κ1) is 14.9. The maximum Gasteiger partial charge on any atom is 0.159 e. The second-order valence-corrected chi connectivity index (χ2v) is 4.37. The van der Waals surface area contributed by atoms with Crippen LogP contribution in [-0.2, 0) is 9.47 Å². The number of hydrogen-bond acceptors (Lipinski definition) is 2. The van der Waals surface area contributed by atoms with Crippen molar-refractivity contribution < 1.29 is 9.47 Å². The first-order valence-corrected chi connectivity index (χ1v) is 6.31. The van der Waals surface area contributed by atoms with Crippen LogP contribution >= 0.6 is 0 Å². The maximum absolute atomic E-state index is 5.23. The van der Waals surface area contributed by atoms with Crippen molar-refractivity contribution >= 4 is 0 Å². The highest BCUT2D eigenvalue weighted by molar-refractivity contribution is 4.57. The lowest BCUT2D eigenvalue weighted by atomic mass is 10.0. The van der Waals surface area contributed by atoms with Crippen molar-refractivity contribution in [2.75, 3.05) is 14.2 Å². The average Bonchev–Trinajstić information content (AvgIpc) is 2.25. The summed E-state index contributed by atoms with van der Waals surface area (Å²) in [6.07, 6.45) is 9.31. The molecule has 0 saturated heterocycles. The lowest BCUT2D eigenvalue weighted by molar-refractivity contribution is -0.134. The molecule has 92 valence electrons. The van der Waals surface area contributed by atoms with Crippen LogP contribution in [0.1, 0.15) is 58.8 Å². The van der Waals surface area contributed by atoms with E-state index < -0.39 is 0 Å². The Morgan fingerprint density at radius 2 is 1.40 bits per heavy atom. The highest BCUT2D eigenvalue weighted by atomic mass is 16.7. The Morgan fingerprint density at radius 3 is 1.93 bits per heavy atom. The molecule has 1 unspecified atom stereocenters. The monoisotopic (exact) mass is 216 g/mol. The first-order chi connectivity index (χ1) is 7.26. The highest BCUT2D eigenvalue weighted by Crippen LogP contribution is 2.16. The van der Waals surface area contributed by atoms with Gasteiger partial charge in [-0.3, -0.25) is 0 Å². The summed E-state index contributed by atoms with van der Waals surface area (Å²) in [5.41, 5.74) is 0. The fraction of sp³-hybridized carbons (Fsp3) is 1.00. The fourth-order valence-electron chi connectivity index (χ4n) is 1.94. The van der Waals surface area contributed by atoms with Crippen LogP contribution in [0.25, 0.3) is 0 Å². The van der Waals surface area contributed by atoms with Gasteiger partial charge in [-0.1, -0.05) is 52.4 Å². The van der Waals surface area contributed by atoms with Gasteiger partial charge in [0.15, 0.2) is 6.29 Å². The van der Waals surface area contributed by atoms with E-state index in [2.05, 4.69) is 13.8 Å². The van der Waals surface area contributed by atoms with Crippen LogP contribution in [0.4, 0.5) is 0 Å². The molecule has 0 saturated carbocycles. The molecule has 0 rings (SSSR count). The SMILES string of the molecule is CCCCCCCCC(C)C(OC)OC. The smallest absolute Gasteiger partial charge is 0.159 e. The van der Waals surface area contributed by atoms with E-state index in [1.54, 1.807) is 14.2 Å². The van der Waals surface area contributed by atoms with Crippen LogP contribution in [-0.4, -0.2) is 20.5 Å². The van der Waals surface area contributed by atoms with Gasteiger partial charge in [-0.05, 0) is 6.42 Å². The third-order valence-electron chi connectivity index (χ3n) is 2.94. The standard InChI is InChI=1S/C13H28O2/c1-5-6-7-8-9-10-11-12(2)13(14-3)15-4/h12-13H,5-11H2,1-4H3. The summed E-state index contributed by atoms with van der Waals surface area (Å²) in [5.74, 6) is 0.506. The minimum atomic E-state index is -0.0272. The fourth-order valence-corrected chi connectivity index (χ4v) is 1.94. The van der Waals surface area contributed by atoms with Crippen LogP contribution in [0.15, 0.2) is 0 Å². The van der Waals surface area contributed by atoms with Crippen molar-refractivity contribution in [3.8, 4) is 0 Å². The average molecular weight is 216 g/mol. The van der Waals surface area contributed by atoms with Gasteiger partial charge in [-0.25, -0.2) is 0 Å². The van der Waals surface area contributed by atoms with Crippen LogP contribution in [0.2, 0.25) is 0 Å². The Balaban J connectivity index is 3.33. The maximum atomic E-state index is 5.23. The molecule has 1 atom stereocenters. The first-order valence-electron chi connectivity index (χ1n) is 6.31. The Hall–Kier alpha value is -0.0800.